The van der Waals surface area contributed by atoms with Crippen molar-refractivity contribution >= 4 is 30.7 Å². The lowest BCUT2D eigenvalue weighted by molar-refractivity contribution is -0.137. The largest absolute Gasteiger partial charge is 0.417 e. The molecule has 0 radical (unpaired) electrons. The molecule has 0 aliphatic carbocycles. The molecular formula is C13H18Cl2F3N3O. The van der Waals surface area contributed by atoms with Gasteiger partial charge in [0.2, 0.25) is 0 Å². The third kappa shape index (κ3) is 4.72. The predicted octanol–water partition coefficient (Wildman–Crippen LogP) is 2.75. The predicted molar refractivity (Wildman–Crippen MR) is 81.4 cm³/mol. The Morgan fingerprint density at radius 1 is 1.36 bits per heavy atom. The van der Waals surface area contributed by atoms with Gasteiger partial charge < -0.3 is 10.6 Å². The summed E-state index contributed by atoms with van der Waals surface area (Å²) in [5.41, 5.74) is 5.04. The number of hydrogen-bond acceptors (Lipinski definition) is 3. The highest BCUT2D eigenvalue weighted by molar-refractivity contribution is 5.92. The van der Waals surface area contributed by atoms with Crippen molar-refractivity contribution in [1.29, 1.82) is 0 Å². The van der Waals surface area contributed by atoms with Crippen LogP contribution in [0.3, 0.4) is 0 Å². The normalized spacial score (nSPS) is 21.6. The zero-order chi connectivity index (χ0) is 14.9. The number of nitrogens with zero attached hydrogens (tertiary/aromatic N) is 2. The highest BCUT2D eigenvalue weighted by atomic mass is 35.5. The van der Waals surface area contributed by atoms with Crippen LogP contribution in [-0.2, 0) is 6.18 Å². The first kappa shape index (κ1) is 20.9. The second-order valence-corrected chi connectivity index (χ2v) is 5.11. The maximum absolute atomic E-state index is 12.4. The summed E-state index contributed by atoms with van der Waals surface area (Å²) in [6, 6.07) is 2.04. The number of alkyl halides is 3. The lowest BCUT2D eigenvalue weighted by Crippen LogP contribution is -2.48. The van der Waals surface area contributed by atoms with Gasteiger partial charge in [-0.2, -0.15) is 13.2 Å². The van der Waals surface area contributed by atoms with Crippen LogP contribution in [0.5, 0.6) is 0 Å². The van der Waals surface area contributed by atoms with Gasteiger partial charge in [-0.1, -0.05) is 6.92 Å². The van der Waals surface area contributed by atoms with Crippen LogP contribution in [0.2, 0.25) is 0 Å². The van der Waals surface area contributed by atoms with Gasteiger partial charge in [-0.25, -0.2) is 0 Å². The smallest absolute Gasteiger partial charge is 0.337 e. The first-order valence-corrected chi connectivity index (χ1v) is 6.37. The Bertz CT molecular complexity index is 496. The van der Waals surface area contributed by atoms with E-state index in [2.05, 4.69) is 4.98 Å². The lowest BCUT2D eigenvalue weighted by atomic mass is 9.94. The summed E-state index contributed by atoms with van der Waals surface area (Å²) in [6.07, 6.45) is -3.07. The number of piperidine rings is 1. The molecular weight excluding hydrogens is 342 g/mol. The fourth-order valence-corrected chi connectivity index (χ4v) is 2.20. The molecule has 1 aromatic heterocycles. The van der Waals surface area contributed by atoms with Crippen molar-refractivity contribution in [2.75, 3.05) is 13.1 Å². The molecule has 0 aromatic carbocycles. The van der Waals surface area contributed by atoms with Gasteiger partial charge >= 0.3 is 6.18 Å². The number of likely N-dealkylation sites (tertiary alicyclic amines) is 1. The van der Waals surface area contributed by atoms with Crippen molar-refractivity contribution in [2.45, 2.75) is 25.6 Å². The molecule has 1 amide bonds. The van der Waals surface area contributed by atoms with Gasteiger partial charge in [0.05, 0.1) is 5.56 Å². The van der Waals surface area contributed by atoms with Crippen LogP contribution in [0.15, 0.2) is 18.3 Å². The highest BCUT2D eigenvalue weighted by Gasteiger charge is 2.32. The molecule has 126 valence electrons. The quantitative estimate of drug-likeness (QED) is 0.838. The number of aromatic nitrogens is 1. The van der Waals surface area contributed by atoms with E-state index < -0.39 is 11.7 Å². The number of hydrogen-bond donors (Lipinski definition) is 1. The zero-order valence-electron chi connectivity index (χ0n) is 11.8. The Kier molecular flexibility index (Phi) is 7.61. The summed E-state index contributed by atoms with van der Waals surface area (Å²) >= 11 is 0. The third-order valence-corrected chi connectivity index (χ3v) is 3.57. The van der Waals surface area contributed by atoms with E-state index in [4.69, 9.17) is 5.73 Å². The van der Waals surface area contributed by atoms with Crippen LogP contribution < -0.4 is 5.73 Å². The molecule has 4 nitrogen and oxygen atoms in total. The van der Waals surface area contributed by atoms with Crippen LogP contribution >= 0.6 is 24.8 Å². The van der Waals surface area contributed by atoms with E-state index in [0.717, 1.165) is 12.1 Å². The fourth-order valence-electron chi connectivity index (χ4n) is 2.20. The zero-order valence-corrected chi connectivity index (χ0v) is 13.5. The van der Waals surface area contributed by atoms with Crippen LogP contribution in [0.25, 0.3) is 0 Å². The maximum atomic E-state index is 12.4. The van der Waals surface area contributed by atoms with Crippen molar-refractivity contribution in [3.8, 4) is 0 Å². The van der Waals surface area contributed by atoms with Gasteiger partial charge in [-0.15, -0.1) is 24.8 Å². The number of nitrogens with two attached hydrogens (primary N) is 1. The Labute approximate surface area is 139 Å². The van der Waals surface area contributed by atoms with Gasteiger partial charge in [0.15, 0.2) is 0 Å². The molecule has 1 saturated heterocycles. The molecule has 1 aromatic rings. The molecule has 2 atom stereocenters. The average Bonchev–Trinajstić information content (AvgIpc) is 2.40. The molecule has 1 aliphatic rings. The summed E-state index contributed by atoms with van der Waals surface area (Å²) in [5, 5.41) is 0. The van der Waals surface area contributed by atoms with Gasteiger partial charge in [-0.05, 0) is 24.5 Å². The van der Waals surface area contributed by atoms with Crippen molar-refractivity contribution in [1.82, 2.24) is 9.88 Å². The van der Waals surface area contributed by atoms with E-state index >= 15 is 0 Å². The standard InChI is InChI=1S/C13H16F3N3O.2ClH/c1-8-7-19(5-4-10(8)17)12(20)11-3-2-9(6-18-11)13(14,15)16;;/h2-3,6,8,10H,4-5,7,17H2,1H3;2*1H. The highest BCUT2D eigenvalue weighted by Crippen LogP contribution is 2.28. The van der Waals surface area contributed by atoms with Crippen LogP contribution in [0.4, 0.5) is 13.2 Å². The fraction of sp³-hybridized carbons (Fsp3) is 0.538. The summed E-state index contributed by atoms with van der Waals surface area (Å²) in [6.45, 7) is 2.96. The van der Waals surface area contributed by atoms with Crippen molar-refractivity contribution in [2.24, 2.45) is 11.7 Å². The molecule has 0 saturated carbocycles. The summed E-state index contributed by atoms with van der Waals surface area (Å²) < 4.78 is 37.3. The Balaban J connectivity index is 0.00000220. The summed E-state index contributed by atoms with van der Waals surface area (Å²) in [7, 11) is 0. The van der Waals surface area contributed by atoms with Gasteiger partial charge in [0.1, 0.15) is 5.69 Å². The topological polar surface area (TPSA) is 59.2 Å². The summed E-state index contributed by atoms with van der Waals surface area (Å²) in [4.78, 5) is 17.4. The number of carbonyl (C=O) groups excluding carboxylic acids is 1. The summed E-state index contributed by atoms with van der Waals surface area (Å²) in [5.74, 6) is -0.181. The molecule has 0 bridgehead atoms. The van der Waals surface area contributed by atoms with E-state index in [1.807, 2.05) is 6.92 Å². The monoisotopic (exact) mass is 359 g/mol. The van der Waals surface area contributed by atoms with E-state index in [1.54, 1.807) is 4.90 Å². The van der Waals surface area contributed by atoms with Gasteiger partial charge in [0, 0.05) is 25.3 Å². The van der Waals surface area contributed by atoms with E-state index in [-0.39, 0.29) is 48.4 Å². The Morgan fingerprint density at radius 3 is 2.45 bits per heavy atom. The number of halogens is 5. The molecule has 2 rings (SSSR count). The van der Waals surface area contributed by atoms with Crippen LogP contribution in [0.1, 0.15) is 29.4 Å². The minimum atomic E-state index is -4.44. The molecule has 9 heteroatoms. The average molecular weight is 360 g/mol. The van der Waals surface area contributed by atoms with E-state index in [9.17, 15) is 18.0 Å². The van der Waals surface area contributed by atoms with Crippen molar-refractivity contribution in [3.05, 3.63) is 29.6 Å². The number of amides is 1. The molecule has 1 fully saturated rings. The van der Waals surface area contributed by atoms with Gasteiger partial charge in [0.25, 0.3) is 5.91 Å². The number of pyridine rings is 1. The number of carbonyl (C=O) groups is 1. The Hall–Kier alpha value is -1.05. The maximum Gasteiger partial charge on any atom is 0.417 e. The second kappa shape index (κ2) is 7.99. The van der Waals surface area contributed by atoms with E-state index in [0.29, 0.717) is 25.7 Å². The third-order valence-electron chi connectivity index (χ3n) is 3.57. The van der Waals surface area contributed by atoms with Crippen molar-refractivity contribution in [3.63, 3.8) is 0 Å². The second-order valence-electron chi connectivity index (χ2n) is 5.11. The molecule has 2 heterocycles. The van der Waals surface area contributed by atoms with Gasteiger partial charge in [-0.3, -0.25) is 9.78 Å². The van der Waals surface area contributed by atoms with Crippen LogP contribution in [0, 0.1) is 5.92 Å². The lowest BCUT2D eigenvalue weighted by Gasteiger charge is -2.34. The first-order chi connectivity index (χ1) is 9.29. The molecule has 0 spiro atoms. The van der Waals surface area contributed by atoms with Crippen LogP contribution in [-0.4, -0.2) is 34.9 Å². The molecule has 2 N–H and O–H groups in total. The molecule has 22 heavy (non-hydrogen) atoms. The Morgan fingerprint density at radius 2 is 2.00 bits per heavy atom. The minimum absolute atomic E-state index is 0. The number of rotatable bonds is 1. The molecule has 2 unspecified atom stereocenters. The first-order valence-electron chi connectivity index (χ1n) is 6.37. The molecule has 1 aliphatic heterocycles. The van der Waals surface area contributed by atoms with Crippen molar-refractivity contribution < 1.29 is 18.0 Å². The SMILES string of the molecule is CC1CN(C(=O)c2ccc(C(F)(F)F)cn2)CCC1N.Cl.Cl. The minimum Gasteiger partial charge on any atom is -0.337 e. The van der Waals surface area contributed by atoms with E-state index in [1.165, 1.54) is 0 Å².